The lowest BCUT2D eigenvalue weighted by molar-refractivity contribution is 0.0600. The van der Waals surface area contributed by atoms with Crippen LogP contribution in [0.5, 0.6) is 0 Å². The van der Waals surface area contributed by atoms with E-state index in [1.807, 2.05) is 25.1 Å². The van der Waals surface area contributed by atoms with Crippen LogP contribution in [-0.2, 0) is 11.3 Å². The molecule has 0 aromatic heterocycles. The van der Waals surface area contributed by atoms with Crippen molar-refractivity contribution in [2.75, 3.05) is 7.11 Å². The number of hydrogen-bond acceptors (Lipinski definition) is 3. The summed E-state index contributed by atoms with van der Waals surface area (Å²) < 4.78 is 17.9. The summed E-state index contributed by atoms with van der Waals surface area (Å²) in [5.41, 5.74) is 2.38. The highest BCUT2D eigenvalue weighted by atomic mass is 19.1. The van der Waals surface area contributed by atoms with E-state index in [1.165, 1.54) is 19.2 Å². The van der Waals surface area contributed by atoms with E-state index in [2.05, 4.69) is 5.32 Å². The molecule has 0 fully saturated rings. The fraction of sp³-hybridized carbons (Fsp3) is 0.235. The van der Waals surface area contributed by atoms with E-state index in [0.29, 0.717) is 12.1 Å². The smallest absolute Gasteiger partial charge is 0.337 e. The van der Waals surface area contributed by atoms with Gasteiger partial charge in [0.15, 0.2) is 0 Å². The predicted octanol–water partition coefficient (Wildman–Crippen LogP) is 3.46. The summed E-state index contributed by atoms with van der Waals surface area (Å²) in [6.07, 6.45) is 0. The van der Waals surface area contributed by atoms with Gasteiger partial charge in [0.05, 0.1) is 12.7 Å². The fourth-order valence-corrected chi connectivity index (χ4v) is 2.09. The molecule has 0 saturated carbocycles. The molecule has 0 aliphatic carbocycles. The van der Waals surface area contributed by atoms with Crippen molar-refractivity contribution in [3.05, 3.63) is 71.0 Å². The van der Waals surface area contributed by atoms with Gasteiger partial charge in [0.2, 0.25) is 0 Å². The zero-order valence-electron chi connectivity index (χ0n) is 12.1. The van der Waals surface area contributed by atoms with Crippen LogP contribution in [0.4, 0.5) is 4.39 Å². The van der Waals surface area contributed by atoms with Crippen molar-refractivity contribution < 1.29 is 13.9 Å². The molecular formula is C17H18FNO2. The standard InChI is InChI=1S/C17H18FNO2/c1-12(14-6-4-8-16(18)10-14)19-11-13-5-3-7-15(9-13)17(20)21-2/h3-10,12,19H,11H2,1-2H3/t12-/m0/s1. The van der Waals surface area contributed by atoms with Crippen LogP contribution in [0.1, 0.15) is 34.5 Å². The van der Waals surface area contributed by atoms with Gasteiger partial charge in [0, 0.05) is 12.6 Å². The maximum absolute atomic E-state index is 13.2. The van der Waals surface area contributed by atoms with Crippen LogP contribution >= 0.6 is 0 Å². The lowest BCUT2D eigenvalue weighted by Gasteiger charge is -2.14. The summed E-state index contributed by atoms with van der Waals surface area (Å²) in [5.74, 6) is -0.594. The van der Waals surface area contributed by atoms with Crippen LogP contribution in [0.3, 0.4) is 0 Å². The largest absolute Gasteiger partial charge is 0.465 e. The first-order chi connectivity index (χ1) is 10.1. The zero-order valence-corrected chi connectivity index (χ0v) is 12.1. The molecule has 0 spiro atoms. The Morgan fingerprint density at radius 1 is 1.24 bits per heavy atom. The third-order valence-corrected chi connectivity index (χ3v) is 3.31. The molecule has 110 valence electrons. The third kappa shape index (κ3) is 4.13. The third-order valence-electron chi connectivity index (χ3n) is 3.31. The Hall–Kier alpha value is -2.20. The van der Waals surface area contributed by atoms with Gasteiger partial charge < -0.3 is 10.1 Å². The lowest BCUT2D eigenvalue weighted by Crippen LogP contribution is -2.18. The lowest BCUT2D eigenvalue weighted by atomic mass is 10.1. The highest BCUT2D eigenvalue weighted by molar-refractivity contribution is 5.89. The number of halogens is 1. The Morgan fingerprint density at radius 2 is 2.00 bits per heavy atom. The maximum atomic E-state index is 13.2. The van der Waals surface area contributed by atoms with Gasteiger partial charge in [0.25, 0.3) is 0 Å². The second kappa shape index (κ2) is 6.99. The van der Waals surface area contributed by atoms with Crippen LogP contribution in [0.2, 0.25) is 0 Å². The highest BCUT2D eigenvalue weighted by Crippen LogP contribution is 2.15. The molecule has 0 bridgehead atoms. The van der Waals surface area contributed by atoms with E-state index in [4.69, 9.17) is 4.74 Å². The second-order valence-electron chi connectivity index (χ2n) is 4.85. The fourth-order valence-electron chi connectivity index (χ4n) is 2.09. The Bertz CT molecular complexity index is 628. The first-order valence-corrected chi connectivity index (χ1v) is 6.76. The highest BCUT2D eigenvalue weighted by Gasteiger charge is 2.08. The van der Waals surface area contributed by atoms with Gasteiger partial charge in [-0.1, -0.05) is 24.3 Å². The summed E-state index contributed by atoms with van der Waals surface area (Å²) in [6, 6.07) is 13.8. The number of methoxy groups -OCH3 is 1. The molecule has 1 N–H and O–H groups in total. The van der Waals surface area contributed by atoms with Crippen molar-refractivity contribution in [2.24, 2.45) is 0 Å². The molecule has 0 unspecified atom stereocenters. The van der Waals surface area contributed by atoms with Gasteiger partial charge >= 0.3 is 5.97 Å². The number of hydrogen-bond donors (Lipinski definition) is 1. The van der Waals surface area contributed by atoms with Crippen molar-refractivity contribution in [3.63, 3.8) is 0 Å². The molecular weight excluding hydrogens is 269 g/mol. The van der Waals surface area contributed by atoms with Crippen LogP contribution in [0.25, 0.3) is 0 Å². The van der Waals surface area contributed by atoms with E-state index < -0.39 is 0 Å². The van der Waals surface area contributed by atoms with E-state index >= 15 is 0 Å². The van der Waals surface area contributed by atoms with Crippen LogP contribution in [0.15, 0.2) is 48.5 Å². The average Bonchev–Trinajstić information content (AvgIpc) is 2.52. The van der Waals surface area contributed by atoms with Gasteiger partial charge in [-0.25, -0.2) is 9.18 Å². The molecule has 2 aromatic carbocycles. The molecule has 4 heteroatoms. The minimum absolute atomic E-state index is 0.0162. The van der Waals surface area contributed by atoms with Crippen molar-refractivity contribution in [1.29, 1.82) is 0 Å². The predicted molar refractivity (Wildman–Crippen MR) is 79.4 cm³/mol. The number of ether oxygens (including phenoxy) is 1. The Labute approximate surface area is 123 Å². The monoisotopic (exact) mass is 287 g/mol. The van der Waals surface area contributed by atoms with Crippen LogP contribution in [0, 0.1) is 5.82 Å². The first-order valence-electron chi connectivity index (χ1n) is 6.76. The summed E-state index contributed by atoms with van der Waals surface area (Å²) in [5, 5.41) is 3.31. The molecule has 1 atom stereocenters. The van der Waals surface area contributed by atoms with E-state index in [1.54, 1.807) is 18.2 Å². The molecule has 2 aromatic rings. The number of nitrogens with one attached hydrogen (secondary N) is 1. The van der Waals surface area contributed by atoms with Crippen LogP contribution in [-0.4, -0.2) is 13.1 Å². The summed E-state index contributed by atoms with van der Waals surface area (Å²) in [6.45, 7) is 2.56. The number of rotatable bonds is 5. The average molecular weight is 287 g/mol. The minimum Gasteiger partial charge on any atom is -0.465 e. The summed E-state index contributed by atoms with van der Waals surface area (Å²) in [4.78, 5) is 11.5. The quantitative estimate of drug-likeness (QED) is 0.856. The first kappa shape index (κ1) is 15.2. The zero-order chi connectivity index (χ0) is 15.2. The van der Waals surface area contributed by atoms with E-state index in [0.717, 1.165) is 11.1 Å². The molecule has 0 aliphatic rings. The number of carbonyl (C=O) groups is 1. The number of carbonyl (C=O) groups excluding carboxylic acids is 1. The molecule has 0 amide bonds. The van der Waals surface area contributed by atoms with Crippen LogP contribution < -0.4 is 5.32 Å². The number of benzene rings is 2. The molecule has 0 heterocycles. The van der Waals surface area contributed by atoms with Crippen molar-refractivity contribution in [1.82, 2.24) is 5.32 Å². The second-order valence-corrected chi connectivity index (χ2v) is 4.85. The van der Waals surface area contributed by atoms with E-state index in [9.17, 15) is 9.18 Å². The van der Waals surface area contributed by atoms with E-state index in [-0.39, 0.29) is 17.8 Å². The Balaban J connectivity index is 2.01. The molecule has 2 rings (SSSR count). The van der Waals surface area contributed by atoms with Gasteiger partial charge in [-0.2, -0.15) is 0 Å². The summed E-state index contributed by atoms with van der Waals surface area (Å²) in [7, 11) is 1.36. The van der Waals surface area contributed by atoms with Gasteiger partial charge in [-0.3, -0.25) is 0 Å². The summed E-state index contributed by atoms with van der Waals surface area (Å²) >= 11 is 0. The molecule has 0 saturated heterocycles. The maximum Gasteiger partial charge on any atom is 0.337 e. The van der Waals surface area contributed by atoms with Crippen molar-refractivity contribution >= 4 is 5.97 Å². The molecule has 0 radical (unpaired) electrons. The minimum atomic E-state index is -0.352. The van der Waals surface area contributed by atoms with Gasteiger partial charge in [-0.05, 0) is 42.3 Å². The topological polar surface area (TPSA) is 38.3 Å². The SMILES string of the molecule is COC(=O)c1cccc(CN[C@@H](C)c2cccc(F)c2)c1. The van der Waals surface area contributed by atoms with Crippen molar-refractivity contribution in [3.8, 4) is 0 Å². The van der Waals surface area contributed by atoms with Gasteiger partial charge in [-0.15, -0.1) is 0 Å². The molecule has 0 aliphatic heterocycles. The van der Waals surface area contributed by atoms with Crippen molar-refractivity contribution in [2.45, 2.75) is 19.5 Å². The normalized spacial score (nSPS) is 12.0. The molecule has 21 heavy (non-hydrogen) atoms. The Kier molecular flexibility index (Phi) is 5.06. The number of esters is 1. The Morgan fingerprint density at radius 3 is 2.71 bits per heavy atom. The van der Waals surface area contributed by atoms with Gasteiger partial charge in [0.1, 0.15) is 5.82 Å². The molecule has 3 nitrogen and oxygen atoms in total.